The van der Waals surface area contributed by atoms with Crippen molar-refractivity contribution in [3.8, 4) is 5.75 Å². The molecule has 134 valence electrons. The predicted octanol–water partition coefficient (Wildman–Crippen LogP) is 5.44. The number of anilines is 1. The molecule has 3 aromatic rings. The second-order valence-electron chi connectivity index (χ2n) is 5.43. The second kappa shape index (κ2) is 7.99. The van der Waals surface area contributed by atoms with Gasteiger partial charge in [-0.1, -0.05) is 46.9 Å². The van der Waals surface area contributed by atoms with Crippen LogP contribution in [0.25, 0.3) is 0 Å². The second-order valence-corrected chi connectivity index (χ2v) is 6.62. The van der Waals surface area contributed by atoms with Crippen LogP contribution in [0.2, 0.25) is 15.1 Å². The first kappa shape index (κ1) is 18.6. The third kappa shape index (κ3) is 4.12. The van der Waals surface area contributed by atoms with E-state index in [2.05, 4.69) is 10.4 Å². The zero-order valence-corrected chi connectivity index (χ0v) is 15.9. The van der Waals surface area contributed by atoms with Crippen LogP contribution in [0.15, 0.2) is 48.7 Å². The third-order valence-corrected chi connectivity index (χ3v) is 4.87. The summed E-state index contributed by atoms with van der Waals surface area (Å²) in [7, 11) is 0. The van der Waals surface area contributed by atoms with E-state index in [1.165, 1.54) is 4.68 Å². The highest BCUT2D eigenvalue weighted by Gasteiger charge is 2.12. The van der Waals surface area contributed by atoms with Crippen molar-refractivity contribution in [1.29, 1.82) is 0 Å². The average molecular weight is 411 g/mol. The first-order valence-electron chi connectivity index (χ1n) is 7.62. The molecule has 0 radical (unpaired) electrons. The Balaban J connectivity index is 1.66. The maximum absolute atomic E-state index is 12.4. The smallest absolute Gasteiger partial charge is 0.276 e. The van der Waals surface area contributed by atoms with E-state index >= 15 is 0 Å². The van der Waals surface area contributed by atoms with Crippen molar-refractivity contribution in [3.63, 3.8) is 0 Å². The minimum absolute atomic E-state index is 0.0868. The molecule has 26 heavy (non-hydrogen) atoms. The summed E-state index contributed by atoms with van der Waals surface area (Å²) in [6, 6.07) is 12.0. The summed E-state index contributed by atoms with van der Waals surface area (Å²) >= 11 is 18.1. The number of amides is 1. The van der Waals surface area contributed by atoms with Crippen molar-refractivity contribution in [2.24, 2.45) is 0 Å². The Hall–Kier alpha value is -2.21. The van der Waals surface area contributed by atoms with Crippen LogP contribution in [0.4, 0.5) is 5.69 Å². The Morgan fingerprint density at radius 1 is 1.12 bits per heavy atom. The maximum atomic E-state index is 12.4. The summed E-state index contributed by atoms with van der Waals surface area (Å²) in [6.45, 7) is 1.92. The van der Waals surface area contributed by atoms with Crippen molar-refractivity contribution < 1.29 is 9.53 Å². The van der Waals surface area contributed by atoms with E-state index < -0.39 is 0 Å². The fourth-order valence-electron chi connectivity index (χ4n) is 2.22. The number of nitrogens with zero attached hydrogens (tertiary/aromatic N) is 2. The Kier molecular flexibility index (Phi) is 5.71. The summed E-state index contributed by atoms with van der Waals surface area (Å²) in [5.74, 6) is 0.102. The Morgan fingerprint density at radius 3 is 2.65 bits per heavy atom. The Morgan fingerprint density at radius 2 is 1.85 bits per heavy atom. The van der Waals surface area contributed by atoms with Gasteiger partial charge in [0.05, 0.1) is 5.02 Å². The van der Waals surface area contributed by atoms with Crippen LogP contribution in [-0.4, -0.2) is 15.7 Å². The summed E-state index contributed by atoms with van der Waals surface area (Å²) < 4.78 is 7.07. The zero-order chi connectivity index (χ0) is 18.7. The highest BCUT2D eigenvalue weighted by atomic mass is 35.5. The molecule has 0 unspecified atom stereocenters. The van der Waals surface area contributed by atoms with Gasteiger partial charge in [-0.15, -0.1) is 0 Å². The van der Waals surface area contributed by atoms with Gasteiger partial charge in [-0.05, 0) is 42.8 Å². The van der Waals surface area contributed by atoms with Crippen molar-refractivity contribution >= 4 is 46.4 Å². The highest BCUT2D eigenvalue weighted by Crippen LogP contribution is 2.31. The van der Waals surface area contributed by atoms with Gasteiger partial charge >= 0.3 is 0 Å². The molecule has 1 heterocycles. The molecular weight excluding hydrogens is 397 g/mol. The normalized spacial score (nSPS) is 10.6. The largest absolute Gasteiger partial charge is 0.470 e. The average Bonchev–Trinajstić information content (AvgIpc) is 3.09. The molecule has 0 aliphatic heterocycles. The first-order valence-corrected chi connectivity index (χ1v) is 8.76. The lowest BCUT2D eigenvalue weighted by atomic mass is 10.2. The number of aromatic nitrogens is 2. The van der Waals surface area contributed by atoms with E-state index in [0.717, 1.165) is 5.56 Å². The maximum Gasteiger partial charge on any atom is 0.276 e. The molecule has 0 atom stereocenters. The summed E-state index contributed by atoms with van der Waals surface area (Å²) in [5, 5.41) is 8.31. The van der Waals surface area contributed by atoms with Gasteiger partial charge in [0.15, 0.2) is 12.4 Å². The Bertz CT molecular complexity index is 957. The van der Waals surface area contributed by atoms with Crippen molar-refractivity contribution in [2.45, 2.75) is 13.7 Å². The molecule has 2 aromatic carbocycles. The Labute approximate surface area is 165 Å². The fraction of sp³-hybridized carbons (Fsp3) is 0.111. The minimum atomic E-state index is -0.338. The molecule has 1 amide bonds. The van der Waals surface area contributed by atoms with Crippen molar-refractivity contribution in [1.82, 2.24) is 9.78 Å². The van der Waals surface area contributed by atoms with Gasteiger partial charge in [0.2, 0.25) is 0 Å². The van der Waals surface area contributed by atoms with Crippen LogP contribution in [0, 0.1) is 6.92 Å². The highest BCUT2D eigenvalue weighted by molar-refractivity contribution is 6.42. The molecule has 8 heteroatoms. The van der Waals surface area contributed by atoms with Gasteiger partial charge < -0.3 is 10.1 Å². The van der Waals surface area contributed by atoms with Crippen molar-refractivity contribution in [2.75, 3.05) is 5.32 Å². The number of benzene rings is 2. The number of hydrogen-bond donors (Lipinski definition) is 1. The SMILES string of the molecule is Cc1c(Cl)cccc1NC(=O)c1ccn(COc2cccc(Cl)c2Cl)n1. The van der Waals surface area contributed by atoms with Crippen LogP contribution < -0.4 is 10.1 Å². The topological polar surface area (TPSA) is 56.2 Å². The molecule has 0 spiro atoms. The number of carbonyl (C=O) groups excluding carboxylic acids is 1. The van der Waals surface area contributed by atoms with Gasteiger partial charge in [-0.25, -0.2) is 4.68 Å². The van der Waals surface area contributed by atoms with Crippen LogP contribution in [-0.2, 0) is 6.73 Å². The lowest BCUT2D eigenvalue weighted by Crippen LogP contribution is -2.15. The number of hydrogen-bond acceptors (Lipinski definition) is 3. The van der Waals surface area contributed by atoms with E-state index in [4.69, 9.17) is 39.5 Å². The van der Waals surface area contributed by atoms with Gasteiger partial charge in [-0.3, -0.25) is 4.79 Å². The fourth-order valence-corrected chi connectivity index (χ4v) is 2.74. The predicted molar refractivity (Wildman–Crippen MR) is 103 cm³/mol. The number of rotatable bonds is 5. The minimum Gasteiger partial charge on any atom is -0.470 e. The molecule has 0 aliphatic carbocycles. The van der Waals surface area contributed by atoms with E-state index in [1.807, 2.05) is 6.92 Å². The third-order valence-electron chi connectivity index (χ3n) is 3.66. The quantitative estimate of drug-likeness (QED) is 0.609. The lowest BCUT2D eigenvalue weighted by Gasteiger charge is -2.09. The monoisotopic (exact) mass is 409 g/mol. The van der Waals surface area contributed by atoms with Gasteiger partial charge in [0.25, 0.3) is 5.91 Å². The van der Waals surface area contributed by atoms with E-state index in [1.54, 1.807) is 48.7 Å². The summed E-state index contributed by atoms with van der Waals surface area (Å²) in [6.07, 6.45) is 1.64. The van der Waals surface area contributed by atoms with E-state index in [9.17, 15) is 4.79 Å². The lowest BCUT2D eigenvalue weighted by molar-refractivity contribution is 0.102. The van der Waals surface area contributed by atoms with Gasteiger partial charge in [0.1, 0.15) is 10.8 Å². The molecule has 0 saturated heterocycles. The zero-order valence-electron chi connectivity index (χ0n) is 13.7. The number of halogens is 3. The van der Waals surface area contributed by atoms with E-state index in [0.29, 0.717) is 26.5 Å². The molecule has 0 saturated carbocycles. The van der Waals surface area contributed by atoms with E-state index in [-0.39, 0.29) is 18.3 Å². The van der Waals surface area contributed by atoms with Crippen LogP contribution >= 0.6 is 34.8 Å². The standard InChI is InChI=1S/C18H14Cl3N3O2/c1-11-12(19)4-2-6-14(11)22-18(25)15-8-9-24(23-15)10-26-16-7-3-5-13(20)17(16)21/h2-9H,10H2,1H3,(H,22,25). The molecule has 0 bridgehead atoms. The molecule has 1 N–H and O–H groups in total. The number of carbonyl (C=O) groups is 1. The molecule has 1 aromatic heterocycles. The van der Waals surface area contributed by atoms with Crippen LogP contribution in [0.3, 0.4) is 0 Å². The van der Waals surface area contributed by atoms with Gasteiger partial charge in [0, 0.05) is 16.9 Å². The van der Waals surface area contributed by atoms with Gasteiger partial charge in [-0.2, -0.15) is 5.10 Å². The first-order chi connectivity index (χ1) is 12.5. The summed E-state index contributed by atoms with van der Waals surface area (Å²) in [5.41, 5.74) is 1.69. The molecule has 3 rings (SSSR count). The molecule has 0 fully saturated rings. The van der Waals surface area contributed by atoms with Crippen LogP contribution in [0.5, 0.6) is 5.75 Å². The molecule has 5 nitrogen and oxygen atoms in total. The number of ether oxygens (including phenoxy) is 1. The number of nitrogens with one attached hydrogen (secondary N) is 1. The molecular formula is C18H14Cl3N3O2. The van der Waals surface area contributed by atoms with Crippen LogP contribution in [0.1, 0.15) is 16.1 Å². The summed E-state index contributed by atoms with van der Waals surface area (Å²) in [4.78, 5) is 12.4. The molecule has 0 aliphatic rings. The van der Waals surface area contributed by atoms with Crippen molar-refractivity contribution in [3.05, 3.63) is 75.0 Å².